The number of hydrogen-bond donors (Lipinski definition) is 0. The molecule has 16 heavy (non-hydrogen) atoms. The predicted octanol–water partition coefficient (Wildman–Crippen LogP) is 1.33. The first-order valence-corrected chi connectivity index (χ1v) is 5.22. The molecule has 0 aliphatic carbocycles. The van der Waals surface area contributed by atoms with Crippen LogP contribution in [0, 0.1) is 17.2 Å². The number of aldehydes is 1. The fourth-order valence-corrected chi connectivity index (χ4v) is 1.62. The van der Waals surface area contributed by atoms with Crippen molar-refractivity contribution in [3.8, 4) is 6.07 Å². The predicted molar refractivity (Wildman–Crippen MR) is 56.5 cm³/mol. The summed E-state index contributed by atoms with van der Waals surface area (Å²) in [7, 11) is 0. The SMILES string of the molecule is CC(C)(C)OC(=O)N1C[C@@H](C#N)C[C@H]1C=O. The smallest absolute Gasteiger partial charge is 0.410 e. The minimum absolute atomic E-state index is 0.273. The number of carbonyl (C=O) groups excluding carboxylic acids is 2. The Morgan fingerprint density at radius 2 is 2.19 bits per heavy atom. The number of ether oxygens (including phenoxy) is 1. The third-order valence-electron chi connectivity index (χ3n) is 2.31. The van der Waals surface area contributed by atoms with Crippen LogP contribution in [0.4, 0.5) is 4.79 Å². The minimum Gasteiger partial charge on any atom is -0.444 e. The summed E-state index contributed by atoms with van der Waals surface area (Å²) in [5.74, 6) is -0.275. The number of amides is 1. The topological polar surface area (TPSA) is 70.4 Å². The molecule has 0 unspecified atom stereocenters. The van der Waals surface area contributed by atoms with Gasteiger partial charge in [0.05, 0.1) is 18.0 Å². The van der Waals surface area contributed by atoms with Crippen LogP contribution >= 0.6 is 0 Å². The molecule has 1 heterocycles. The lowest BCUT2D eigenvalue weighted by molar-refractivity contribution is -0.111. The molecular formula is C11H16N2O3. The number of nitrogens with zero attached hydrogens (tertiary/aromatic N) is 2. The lowest BCUT2D eigenvalue weighted by Gasteiger charge is -2.26. The molecule has 88 valence electrons. The van der Waals surface area contributed by atoms with Crippen molar-refractivity contribution in [3.63, 3.8) is 0 Å². The molecule has 0 spiro atoms. The Morgan fingerprint density at radius 1 is 1.56 bits per heavy atom. The van der Waals surface area contributed by atoms with Gasteiger partial charge in [0.25, 0.3) is 0 Å². The van der Waals surface area contributed by atoms with E-state index in [4.69, 9.17) is 10.00 Å². The third-order valence-corrected chi connectivity index (χ3v) is 2.31. The van der Waals surface area contributed by atoms with Crippen LogP contribution in [-0.4, -0.2) is 35.5 Å². The molecule has 1 fully saturated rings. The fourth-order valence-electron chi connectivity index (χ4n) is 1.62. The van der Waals surface area contributed by atoms with Gasteiger partial charge < -0.3 is 9.53 Å². The van der Waals surface area contributed by atoms with Gasteiger partial charge in [-0.05, 0) is 27.2 Å². The average Bonchev–Trinajstić information content (AvgIpc) is 2.58. The largest absolute Gasteiger partial charge is 0.444 e. The van der Waals surface area contributed by atoms with Crippen LogP contribution in [0.1, 0.15) is 27.2 Å². The molecule has 1 aliphatic rings. The molecule has 0 aromatic heterocycles. The summed E-state index contributed by atoms with van der Waals surface area (Å²) < 4.78 is 5.17. The van der Waals surface area contributed by atoms with Crippen LogP contribution < -0.4 is 0 Å². The first kappa shape index (κ1) is 12.5. The van der Waals surface area contributed by atoms with E-state index in [1.165, 1.54) is 4.90 Å². The van der Waals surface area contributed by atoms with Crippen molar-refractivity contribution in [2.75, 3.05) is 6.54 Å². The van der Waals surface area contributed by atoms with Crippen LogP contribution in [0.3, 0.4) is 0 Å². The van der Waals surface area contributed by atoms with Crippen molar-refractivity contribution in [3.05, 3.63) is 0 Å². The van der Waals surface area contributed by atoms with Gasteiger partial charge in [-0.25, -0.2) is 4.79 Å². The van der Waals surface area contributed by atoms with Gasteiger partial charge in [-0.3, -0.25) is 4.90 Å². The molecule has 0 bridgehead atoms. The first-order valence-electron chi connectivity index (χ1n) is 5.22. The van der Waals surface area contributed by atoms with Crippen molar-refractivity contribution in [1.82, 2.24) is 4.90 Å². The van der Waals surface area contributed by atoms with Gasteiger partial charge in [0.2, 0.25) is 0 Å². The van der Waals surface area contributed by atoms with E-state index in [9.17, 15) is 9.59 Å². The van der Waals surface area contributed by atoms with Crippen molar-refractivity contribution in [2.24, 2.45) is 5.92 Å². The molecule has 5 nitrogen and oxygen atoms in total. The van der Waals surface area contributed by atoms with Crippen molar-refractivity contribution in [2.45, 2.75) is 38.8 Å². The van der Waals surface area contributed by atoms with E-state index in [0.29, 0.717) is 12.7 Å². The molecule has 0 aromatic carbocycles. The quantitative estimate of drug-likeness (QED) is 0.630. The van der Waals surface area contributed by atoms with Crippen molar-refractivity contribution >= 4 is 12.4 Å². The molecule has 0 saturated carbocycles. The summed E-state index contributed by atoms with van der Waals surface area (Å²) in [6, 6.07) is 1.54. The highest BCUT2D eigenvalue weighted by molar-refractivity contribution is 5.74. The van der Waals surface area contributed by atoms with Gasteiger partial charge in [-0.15, -0.1) is 0 Å². The molecule has 5 heteroatoms. The summed E-state index contributed by atoms with van der Waals surface area (Å²) in [6.07, 6.45) is 0.572. The fraction of sp³-hybridized carbons (Fsp3) is 0.727. The molecule has 1 saturated heterocycles. The number of rotatable bonds is 1. The summed E-state index contributed by atoms with van der Waals surface area (Å²) in [5.41, 5.74) is -0.588. The van der Waals surface area contributed by atoms with Gasteiger partial charge in [-0.2, -0.15) is 5.26 Å². The van der Waals surface area contributed by atoms with Crippen LogP contribution in [0.2, 0.25) is 0 Å². The summed E-state index contributed by atoms with van der Waals surface area (Å²) >= 11 is 0. The van der Waals surface area contributed by atoms with Gasteiger partial charge in [0.1, 0.15) is 11.9 Å². The number of carbonyl (C=O) groups is 2. The monoisotopic (exact) mass is 224 g/mol. The highest BCUT2D eigenvalue weighted by Crippen LogP contribution is 2.23. The molecule has 2 atom stereocenters. The maximum atomic E-state index is 11.7. The van der Waals surface area contributed by atoms with E-state index in [1.54, 1.807) is 20.8 Å². The highest BCUT2D eigenvalue weighted by atomic mass is 16.6. The standard InChI is InChI=1S/C11H16N2O3/c1-11(2,3)16-10(15)13-6-8(5-12)4-9(13)7-14/h7-9H,4,6H2,1-3H3/t8-,9+/m1/s1. The van der Waals surface area contributed by atoms with Gasteiger partial charge in [0.15, 0.2) is 0 Å². The summed E-state index contributed by atoms with van der Waals surface area (Å²) in [4.78, 5) is 23.8. The molecule has 1 rings (SSSR count). The normalized spacial score (nSPS) is 25.0. The van der Waals surface area contributed by atoms with Crippen LogP contribution in [-0.2, 0) is 9.53 Å². The Labute approximate surface area is 95.0 Å². The number of likely N-dealkylation sites (tertiary alicyclic amines) is 1. The Balaban J connectivity index is 2.69. The Bertz CT molecular complexity index is 327. The van der Waals surface area contributed by atoms with Crippen LogP contribution in [0.15, 0.2) is 0 Å². The highest BCUT2D eigenvalue weighted by Gasteiger charge is 2.37. The molecule has 0 aromatic rings. The van der Waals surface area contributed by atoms with E-state index in [0.717, 1.165) is 0 Å². The zero-order valence-corrected chi connectivity index (χ0v) is 9.77. The maximum Gasteiger partial charge on any atom is 0.410 e. The van der Waals surface area contributed by atoms with E-state index >= 15 is 0 Å². The van der Waals surface area contributed by atoms with E-state index < -0.39 is 17.7 Å². The second-order valence-corrected chi connectivity index (χ2v) is 4.90. The first-order chi connectivity index (χ1) is 7.37. The molecule has 1 aliphatic heterocycles. The lowest BCUT2D eigenvalue weighted by Crippen LogP contribution is -2.40. The second-order valence-electron chi connectivity index (χ2n) is 4.90. The van der Waals surface area contributed by atoms with Crippen molar-refractivity contribution in [1.29, 1.82) is 5.26 Å². The third kappa shape index (κ3) is 2.96. The number of nitriles is 1. The molecule has 0 N–H and O–H groups in total. The van der Waals surface area contributed by atoms with Crippen molar-refractivity contribution < 1.29 is 14.3 Å². The van der Waals surface area contributed by atoms with E-state index in [2.05, 4.69) is 6.07 Å². The van der Waals surface area contributed by atoms with E-state index in [1.807, 2.05) is 0 Å². The molecule has 0 radical (unpaired) electrons. The Morgan fingerprint density at radius 3 is 2.62 bits per heavy atom. The average molecular weight is 224 g/mol. The molecule has 1 amide bonds. The number of hydrogen-bond acceptors (Lipinski definition) is 4. The summed E-state index contributed by atoms with van der Waals surface area (Å²) in [6.45, 7) is 5.56. The van der Waals surface area contributed by atoms with Gasteiger partial charge in [-0.1, -0.05) is 0 Å². The second kappa shape index (κ2) is 4.52. The van der Waals surface area contributed by atoms with E-state index in [-0.39, 0.29) is 12.5 Å². The van der Waals surface area contributed by atoms with Crippen LogP contribution in [0.5, 0.6) is 0 Å². The maximum absolute atomic E-state index is 11.7. The zero-order chi connectivity index (χ0) is 12.3. The minimum atomic E-state index is -0.588. The lowest BCUT2D eigenvalue weighted by atomic mass is 10.1. The van der Waals surface area contributed by atoms with Crippen LogP contribution in [0.25, 0.3) is 0 Å². The summed E-state index contributed by atoms with van der Waals surface area (Å²) in [5, 5.41) is 8.77. The molecular weight excluding hydrogens is 208 g/mol. The zero-order valence-electron chi connectivity index (χ0n) is 9.77. The Kier molecular flexibility index (Phi) is 3.53. The van der Waals surface area contributed by atoms with Gasteiger partial charge in [0, 0.05) is 6.54 Å². The Hall–Kier alpha value is -1.57. The van der Waals surface area contributed by atoms with Gasteiger partial charge >= 0.3 is 6.09 Å².